The van der Waals surface area contributed by atoms with Gasteiger partial charge in [0.15, 0.2) is 15.7 Å². The highest BCUT2D eigenvalue weighted by Gasteiger charge is 2.33. The number of hydrogen-bond donors (Lipinski definition) is 1. The van der Waals surface area contributed by atoms with Crippen LogP contribution in [0.15, 0.2) is 29.4 Å². The summed E-state index contributed by atoms with van der Waals surface area (Å²) >= 11 is 0. The summed E-state index contributed by atoms with van der Waals surface area (Å²) in [5, 5.41) is 9.40. The predicted octanol–water partition coefficient (Wildman–Crippen LogP) is 2.99. The van der Waals surface area contributed by atoms with Gasteiger partial charge < -0.3 is 14.4 Å². The van der Waals surface area contributed by atoms with Gasteiger partial charge in [-0.1, -0.05) is 6.92 Å². The number of nitrogens with zero attached hydrogens (tertiary/aromatic N) is 4. The molecule has 0 saturated heterocycles. The molecule has 3 rings (SSSR count). The fourth-order valence-electron chi connectivity index (χ4n) is 2.85. The van der Waals surface area contributed by atoms with Gasteiger partial charge in [0.1, 0.15) is 27.6 Å². The van der Waals surface area contributed by atoms with E-state index in [0.717, 1.165) is 12.3 Å². The van der Waals surface area contributed by atoms with Crippen molar-refractivity contribution in [1.29, 1.82) is 0 Å². The number of rotatable bonds is 6. The molecule has 0 atom stereocenters. The maximum Gasteiger partial charge on any atom is 0.433 e. The Labute approximate surface area is 176 Å². The molecule has 1 N–H and O–H groups in total. The summed E-state index contributed by atoms with van der Waals surface area (Å²) in [6, 6.07) is 2.07. The highest BCUT2D eigenvalue weighted by Crippen LogP contribution is 2.33. The zero-order chi connectivity index (χ0) is 23.2. The van der Waals surface area contributed by atoms with Crippen LogP contribution in [0.1, 0.15) is 26.5 Å². The van der Waals surface area contributed by atoms with Gasteiger partial charge in [-0.2, -0.15) is 13.2 Å². The second-order valence-electron chi connectivity index (χ2n) is 7.49. The first-order valence-electron chi connectivity index (χ1n) is 9.22. The summed E-state index contributed by atoms with van der Waals surface area (Å²) in [7, 11) is -2.27. The van der Waals surface area contributed by atoms with Gasteiger partial charge in [-0.05, 0) is 19.9 Å². The van der Waals surface area contributed by atoms with Crippen LogP contribution >= 0.6 is 0 Å². The molecule has 0 bridgehead atoms. The van der Waals surface area contributed by atoms with Crippen molar-refractivity contribution in [2.45, 2.75) is 37.4 Å². The van der Waals surface area contributed by atoms with Crippen molar-refractivity contribution in [2.24, 2.45) is 7.05 Å². The van der Waals surface area contributed by atoms with Gasteiger partial charge in [-0.15, -0.1) is 0 Å². The first-order chi connectivity index (χ1) is 14.3. The molecule has 31 heavy (non-hydrogen) atoms. The minimum atomic E-state index is -4.64. The largest absolute Gasteiger partial charge is 0.484 e. The first-order valence-corrected chi connectivity index (χ1v) is 10.9. The Morgan fingerprint density at radius 2 is 1.84 bits per heavy atom. The maximum atomic E-state index is 13.0. The molecule has 0 fully saturated rings. The molecule has 0 aliphatic rings. The van der Waals surface area contributed by atoms with Crippen LogP contribution in [0.5, 0.6) is 5.75 Å². The van der Waals surface area contributed by atoms with Crippen molar-refractivity contribution in [1.82, 2.24) is 19.5 Å². The number of aromatic nitrogens is 4. The Bertz CT molecular complexity index is 1240. The van der Waals surface area contributed by atoms with E-state index < -0.39 is 27.3 Å². The number of imidazole rings is 1. The quantitative estimate of drug-likeness (QED) is 0.605. The Morgan fingerprint density at radius 3 is 2.42 bits per heavy atom. The fraction of sp³-hybridized carbons (Fsp3) is 0.421. The van der Waals surface area contributed by atoms with Gasteiger partial charge in [-0.3, -0.25) is 0 Å². The third-order valence-corrected chi connectivity index (χ3v) is 6.33. The minimum Gasteiger partial charge on any atom is -0.484 e. The van der Waals surface area contributed by atoms with Crippen LogP contribution in [0.3, 0.4) is 0 Å². The number of halogens is 3. The van der Waals surface area contributed by atoms with Crippen LogP contribution in [0.25, 0.3) is 22.6 Å². The summed E-state index contributed by atoms with van der Waals surface area (Å²) in [6.07, 6.45) is -2.33. The lowest BCUT2D eigenvalue weighted by Gasteiger charge is -2.24. The lowest BCUT2D eigenvalue weighted by atomic mass is 10.1. The minimum absolute atomic E-state index is 0.00297. The normalized spacial score (nSPS) is 13.0. The molecule has 0 unspecified atom stereocenters. The lowest BCUT2D eigenvalue weighted by Crippen LogP contribution is -2.32. The second-order valence-corrected chi connectivity index (χ2v) is 9.74. The molecule has 168 valence electrons. The summed E-state index contributed by atoms with van der Waals surface area (Å²) in [4.78, 5) is 11.6. The summed E-state index contributed by atoms with van der Waals surface area (Å²) in [5.41, 5.74) is -1.82. The zero-order valence-electron chi connectivity index (χ0n) is 17.2. The summed E-state index contributed by atoms with van der Waals surface area (Å²) in [5.74, 6) is -0.0520. The molecular weight excluding hydrogens is 437 g/mol. The van der Waals surface area contributed by atoms with Crippen molar-refractivity contribution in [3.8, 4) is 17.3 Å². The van der Waals surface area contributed by atoms with E-state index in [0.29, 0.717) is 0 Å². The number of sulfone groups is 1. The summed E-state index contributed by atoms with van der Waals surface area (Å²) in [6.45, 7) is 4.37. The number of pyridine rings is 2. The lowest BCUT2D eigenvalue weighted by molar-refractivity contribution is -0.141. The van der Waals surface area contributed by atoms with Crippen molar-refractivity contribution in [3.63, 3.8) is 0 Å². The van der Waals surface area contributed by atoms with E-state index in [9.17, 15) is 26.7 Å². The third-order valence-electron chi connectivity index (χ3n) is 4.59. The zero-order valence-corrected chi connectivity index (χ0v) is 18.0. The molecule has 3 heterocycles. The number of alkyl halides is 3. The number of hydrogen-bond acceptors (Lipinski definition) is 7. The van der Waals surface area contributed by atoms with Gasteiger partial charge in [0, 0.05) is 13.1 Å². The van der Waals surface area contributed by atoms with Crippen molar-refractivity contribution >= 4 is 20.9 Å². The van der Waals surface area contributed by atoms with Crippen LogP contribution in [-0.4, -0.2) is 51.0 Å². The highest BCUT2D eigenvalue weighted by molar-refractivity contribution is 7.91. The van der Waals surface area contributed by atoms with E-state index in [4.69, 9.17) is 4.74 Å². The Kier molecular flexibility index (Phi) is 5.74. The molecular formula is C19H21F3N4O4S. The Hall–Kier alpha value is -2.73. The Balaban J connectivity index is 2.22. The van der Waals surface area contributed by atoms with Gasteiger partial charge >= 0.3 is 6.18 Å². The molecule has 3 aromatic heterocycles. The molecule has 0 spiro atoms. The van der Waals surface area contributed by atoms with E-state index in [1.54, 1.807) is 13.8 Å². The van der Waals surface area contributed by atoms with Gasteiger partial charge in [0.05, 0.1) is 35.8 Å². The van der Waals surface area contributed by atoms with Gasteiger partial charge in [0.2, 0.25) is 0 Å². The second kappa shape index (κ2) is 7.75. The molecule has 3 aromatic rings. The van der Waals surface area contributed by atoms with E-state index in [1.165, 1.54) is 30.8 Å². The molecule has 8 nitrogen and oxygen atoms in total. The highest BCUT2D eigenvalue weighted by atomic mass is 32.2. The van der Waals surface area contributed by atoms with Crippen LogP contribution in [0.2, 0.25) is 0 Å². The van der Waals surface area contributed by atoms with Gasteiger partial charge in [-0.25, -0.2) is 23.4 Å². The fourth-order valence-corrected chi connectivity index (χ4v) is 3.90. The Morgan fingerprint density at radius 1 is 1.16 bits per heavy atom. The van der Waals surface area contributed by atoms with E-state index in [2.05, 4.69) is 15.0 Å². The maximum absolute atomic E-state index is 13.0. The van der Waals surface area contributed by atoms with Crippen LogP contribution < -0.4 is 4.74 Å². The number of aliphatic hydroxyl groups is 1. The van der Waals surface area contributed by atoms with Gasteiger partial charge in [0.25, 0.3) is 0 Å². The van der Waals surface area contributed by atoms with Crippen LogP contribution in [0.4, 0.5) is 13.2 Å². The summed E-state index contributed by atoms with van der Waals surface area (Å²) < 4.78 is 71.6. The average Bonchev–Trinajstić information content (AvgIpc) is 3.03. The SMILES string of the molecule is CCS(=O)(=O)c1cc(OC(C)(C)CO)cnc1-c1nc2cc(C(F)(F)F)ncc2n1C. The number of ether oxygens (including phenoxy) is 1. The van der Waals surface area contributed by atoms with E-state index >= 15 is 0 Å². The topological polar surface area (TPSA) is 107 Å². The van der Waals surface area contributed by atoms with Crippen LogP contribution in [-0.2, 0) is 23.1 Å². The first kappa shape index (κ1) is 22.9. The van der Waals surface area contributed by atoms with Crippen molar-refractivity contribution in [2.75, 3.05) is 12.4 Å². The molecule has 0 aromatic carbocycles. The number of fused-ring (bicyclic) bond motifs is 1. The van der Waals surface area contributed by atoms with Crippen molar-refractivity contribution < 1.29 is 31.4 Å². The molecule has 0 aliphatic heterocycles. The van der Waals surface area contributed by atoms with E-state index in [-0.39, 0.29) is 45.6 Å². The molecule has 0 aliphatic carbocycles. The van der Waals surface area contributed by atoms with Crippen molar-refractivity contribution in [3.05, 3.63) is 30.2 Å². The number of aliphatic hydroxyl groups excluding tert-OH is 1. The van der Waals surface area contributed by atoms with Crippen LogP contribution in [0, 0.1) is 0 Å². The average molecular weight is 458 g/mol. The molecule has 0 saturated carbocycles. The number of aryl methyl sites for hydroxylation is 1. The molecule has 12 heteroatoms. The smallest absolute Gasteiger partial charge is 0.433 e. The van der Waals surface area contributed by atoms with E-state index in [1.807, 2.05) is 0 Å². The third kappa shape index (κ3) is 4.49. The molecule has 0 radical (unpaired) electrons. The predicted molar refractivity (Wildman–Crippen MR) is 106 cm³/mol. The monoisotopic (exact) mass is 458 g/mol. The molecule has 0 amide bonds. The standard InChI is InChI=1S/C19H21F3N4O4S/c1-5-31(28,29)14-6-11(30-18(2,3)10-27)8-24-16(14)17-25-12-7-15(19(20,21)22)23-9-13(12)26(17)4/h6-9,27H,5,10H2,1-4H3.